The number of Topliss-reactive ketones (excluding diaryl/α,β-unsaturated/α-hetero) is 1. The van der Waals surface area contributed by atoms with Crippen molar-refractivity contribution in [2.24, 2.45) is 0 Å². The summed E-state index contributed by atoms with van der Waals surface area (Å²) >= 11 is 0. The molecule has 0 bridgehead atoms. The average Bonchev–Trinajstić information content (AvgIpc) is 2.72. The first kappa shape index (κ1) is 10.4. The molecule has 0 aliphatic heterocycles. The minimum absolute atomic E-state index is 0.341. The molecular formula is C11H11N3O2. The number of benzene rings is 1. The second kappa shape index (κ2) is 4.14. The molecule has 2 aromatic rings. The molecule has 1 amide bonds. The first-order valence-corrected chi connectivity index (χ1v) is 4.87. The monoisotopic (exact) mass is 217 g/mol. The minimum Gasteiger partial charge on any atom is -0.345 e. The minimum atomic E-state index is -0.565. The Balaban J connectivity index is 2.09. The van der Waals surface area contributed by atoms with Gasteiger partial charge in [-0.2, -0.15) is 0 Å². The van der Waals surface area contributed by atoms with E-state index in [1.54, 1.807) is 6.33 Å². The van der Waals surface area contributed by atoms with Crippen LogP contribution in [-0.2, 0) is 16.1 Å². The Morgan fingerprint density at radius 1 is 1.44 bits per heavy atom. The number of fused-ring (bicyclic) bond motifs is 1. The van der Waals surface area contributed by atoms with Crippen molar-refractivity contribution in [1.29, 1.82) is 0 Å². The Hall–Kier alpha value is -2.17. The third-order valence-electron chi connectivity index (χ3n) is 2.26. The van der Waals surface area contributed by atoms with E-state index in [-0.39, 0.29) is 0 Å². The van der Waals surface area contributed by atoms with Crippen molar-refractivity contribution in [1.82, 2.24) is 15.3 Å². The van der Waals surface area contributed by atoms with E-state index >= 15 is 0 Å². The molecule has 0 spiro atoms. The van der Waals surface area contributed by atoms with Gasteiger partial charge in [-0.05, 0) is 17.7 Å². The summed E-state index contributed by atoms with van der Waals surface area (Å²) in [7, 11) is 0. The Bertz CT molecular complexity index is 545. The molecule has 1 aromatic carbocycles. The predicted octanol–water partition coefficient (Wildman–Crippen LogP) is 0.768. The van der Waals surface area contributed by atoms with E-state index in [1.165, 1.54) is 6.92 Å². The highest BCUT2D eigenvalue weighted by Gasteiger charge is 2.06. The summed E-state index contributed by atoms with van der Waals surface area (Å²) < 4.78 is 0. The van der Waals surface area contributed by atoms with E-state index in [1.807, 2.05) is 18.2 Å². The lowest BCUT2D eigenvalue weighted by atomic mass is 10.2. The number of aromatic nitrogens is 2. The summed E-state index contributed by atoms with van der Waals surface area (Å²) in [5.74, 6) is -1.05. The number of hydrogen-bond acceptors (Lipinski definition) is 3. The second-order valence-corrected chi connectivity index (χ2v) is 3.49. The molecule has 0 atom stereocenters. The molecule has 0 saturated carbocycles. The fourth-order valence-electron chi connectivity index (χ4n) is 1.40. The lowest BCUT2D eigenvalue weighted by Gasteiger charge is -2.02. The maximum Gasteiger partial charge on any atom is 0.287 e. The summed E-state index contributed by atoms with van der Waals surface area (Å²) in [5.41, 5.74) is 2.71. The number of carbonyl (C=O) groups is 2. The van der Waals surface area contributed by atoms with Crippen molar-refractivity contribution in [3.8, 4) is 0 Å². The van der Waals surface area contributed by atoms with E-state index in [0.29, 0.717) is 6.54 Å². The van der Waals surface area contributed by atoms with Crippen molar-refractivity contribution in [2.75, 3.05) is 0 Å². The Kier molecular flexibility index (Phi) is 2.68. The standard InChI is InChI=1S/C11H11N3O2/c1-7(15)11(16)12-5-8-2-3-9-10(4-8)14-6-13-9/h2-4,6H,5H2,1H3,(H,12,16)(H,13,14). The molecule has 1 heterocycles. The number of nitrogens with one attached hydrogen (secondary N) is 2. The van der Waals surface area contributed by atoms with Gasteiger partial charge in [0, 0.05) is 13.5 Å². The van der Waals surface area contributed by atoms with Crippen molar-refractivity contribution in [2.45, 2.75) is 13.5 Å². The van der Waals surface area contributed by atoms with Crippen LogP contribution >= 0.6 is 0 Å². The molecule has 0 aliphatic rings. The normalized spacial score (nSPS) is 10.3. The van der Waals surface area contributed by atoms with Gasteiger partial charge in [0.25, 0.3) is 5.91 Å². The van der Waals surface area contributed by atoms with Crippen LogP contribution in [0, 0.1) is 0 Å². The Morgan fingerprint density at radius 3 is 3.00 bits per heavy atom. The number of nitrogens with zero attached hydrogens (tertiary/aromatic N) is 1. The highest BCUT2D eigenvalue weighted by Crippen LogP contribution is 2.11. The van der Waals surface area contributed by atoms with E-state index in [9.17, 15) is 9.59 Å². The van der Waals surface area contributed by atoms with Gasteiger partial charge >= 0.3 is 0 Å². The Labute approximate surface area is 91.9 Å². The third-order valence-corrected chi connectivity index (χ3v) is 2.26. The summed E-state index contributed by atoms with van der Waals surface area (Å²) in [6, 6.07) is 5.62. The van der Waals surface area contributed by atoms with Crippen LogP contribution < -0.4 is 5.32 Å². The van der Waals surface area contributed by atoms with Gasteiger partial charge in [-0.25, -0.2) is 4.98 Å². The zero-order valence-electron chi connectivity index (χ0n) is 8.78. The first-order chi connectivity index (χ1) is 7.66. The number of H-pyrrole nitrogens is 1. The molecule has 5 nitrogen and oxygen atoms in total. The SMILES string of the molecule is CC(=O)C(=O)NCc1ccc2nc[nH]c2c1. The molecule has 0 aliphatic carbocycles. The molecule has 0 radical (unpaired) electrons. The molecule has 16 heavy (non-hydrogen) atoms. The van der Waals surface area contributed by atoms with Gasteiger partial charge in [0.05, 0.1) is 17.4 Å². The molecule has 2 rings (SSSR count). The maximum atomic E-state index is 11.0. The lowest BCUT2D eigenvalue weighted by Crippen LogP contribution is -2.28. The van der Waals surface area contributed by atoms with Crippen LogP contribution in [0.1, 0.15) is 12.5 Å². The number of carbonyl (C=O) groups excluding carboxylic acids is 2. The van der Waals surface area contributed by atoms with Gasteiger partial charge in [0.1, 0.15) is 0 Å². The van der Waals surface area contributed by atoms with Gasteiger partial charge in [0.2, 0.25) is 5.78 Å². The fourth-order valence-corrected chi connectivity index (χ4v) is 1.40. The predicted molar refractivity (Wildman–Crippen MR) is 58.6 cm³/mol. The number of aromatic amines is 1. The van der Waals surface area contributed by atoms with Crippen molar-refractivity contribution < 1.29 is 9.59 Å². The molecular weight excluding hydrogens is 206 g/mol. The number of amides is 1. The Morgan fingerprint density at radius 2 is 2.25 bits per heavy atom. The highest BCUT2D eigenvalue weighted by atomic mass is 16.2. The van der Waals surface area contributed by atoms with Gasteiger partial charge < -0.3 is 10.3 Å². The topological polar surface area (TPSA) is 74.8 Å². The molecule has 5 heteroatoms. The molecule has 82 valence electrons. The number of imidazole rings is 1. The van der Waals surface area contributed by atoms with Crippen LogP contribution in [0.4, 0.5) is 0 Å². The largest absolute Gasteiger partial charge is 0.345 e. The van der Waals surface area contributed by atoms with Crippen molar-refractivity contribution >= 4 is 22.7 Å². The molecule has 1 aromatic heterocycles. The van der Waals surface area contributed by atoms with E-state index < -0.39 is 11.7 Å². The zero-order chi connectivity index (χ0) is 11.5. The first-order valence-electron chi connectivity index (χ1n) is 4.87. The van der Waals surface area contributed by atoms with Crippen molar-refractivity contribution in [3.63, 3.8) is 0 Å². The smallest absolute Gasteiger partial charge is 0.287 e. The zero-order valence-corrected chi connectivity index (χ0v) is 8.78. The van der Waals surface area contributed by atoms with Crippen LogP contribution in [0.2, 0.25) is 0 Å². The van der Waals surface area contributed by atoms with E-state index in [2.05, 4.69) is 15.3 Å². The van der Waals surface area contributed by atoms with Crippen LogP contribution in [0.5, 0.6) is 0 Å². The van der Waals surface area contributed by atoms with Crippen LogP contribution in [0.25, 0.3) is 11.0 Å². The van der Waals surface area contributed by atoms with E-state index in [0.717, 1.165) is 16.6 Å². The van der Waals surface area contributed by atoms with Crippen LogP contribution in [-0.4, -0.2) is 21.7 Å². The molecule has 2 N–H and O–H groups in total. The lowest BCUT2D eigenvalue weighted by molar-refractivity contribution is -0.136. The number of ketones is 1. The molecule has 0 fully saturated rings. The van der Waals surface area contributed by atoms with Gasteiger partial charge in [-0.1, -0.05) is 6.07 Å². The number of hydrogen-bond donors (Lipinski definition) is 2. The van der Waals surface area contributed by atoms with Gasteiger partial charge in [-0.3, -0.25) is 9.59 Å². The summed E-state index contributed by atoms with van der Waals surface area (Å²) in [4.78, 5) is 28.8. The number of rotatable bonds is 3. The quantitative estimate of drug-likeness (QED) is 0.745. The van der Waals surface area contributed by atoms with Crippen LogP contribution in [0.15, 0.2) is 24.5 Å². The van der Waals surface area contributed by atoms with E-state index in [4.69, 9.17) is 0 Å². The fraction of sp³-hybridized carbons (Fsp3) is 0.182. The molecule has 0 saturated heterocycles. The third kappa shape index (κ3) is 2.08. The van der Waals surface area contributed by atoms with Gasteiger partial charge in [0.15, 0.2) is 0 Å². The summed E-state index contributed by atoms with van der Waals surface area (Å²) in [6.07, 6.45) is 1.61. The summed E-state index contributed by atoms with van der Waals surface area (Å²) in [6.45, 7) is 1.58. The maximum absolute atomic E-state index is 11.0. The highest BCUT2D eigenvalue weighted by molar-refractivity contribution is 6.35. The molecule has 0 unspecified atom stereocenters. The van der Waals surface area contributed by atoms with Crippen LogP contribution in [0.3, 0.4) is 0 Å². The summed E-state index contributed by atoms with van der Waals surface area (Å²) in [5, 5.41) is 2.53. The average molecular weight is 217 g/mol. The van der Waals surface area contributed by atoms with Crippen molar-refractivity contribution in [3.05, 3.63) is 30.1 Å². The van der Waals surface area contributed by atoms with Gasteiger partial charge in [-0.15, -0.1) is 0 Å². The second-order valence-electron chi connectivity index (χ2n) is 3.49.